The molecule has 2 aromatic heterocycles. The predicted molar refractivity (Wildman–Crippen MR) is 99.8 cm³/mol. The van der Waals surface area contributed by atoms with Gasteiger partial charge in [0.05, 0.1) is 5.56 Å². The molecular formula is C18H27ClN4O2. The van der Waals surface area contributed by atoms with E-state index >= 15 is 0 Å². The molecule has 0 aliphatic carbocycles. The van der Waals surface area contributed by atoms with Gasteiger partial charge in [-0.15, -0.1) is 12.4 Å². The number of piperidine rings is 1. The fraction of sp³-hybridized carbons (Fsp3) is 0.556. The highest BCUT2D eigenvalue weighted by molar-refractivity contribution is 5.96. The SMILES string of the molecule is CNCC1CCN(C(=O)c2cc(C)n(-c3cc(C)on3)c2C)CC1.Cl. The summed E-state index contributed by atoms with van der Waals surface area (Å²) >= 11 is 0. The summed E-state index contributed by atoms with van der Waals surface area (Å²) in [6.45, 7) is 8.52. The Morgan fingerprint density at radius 2 is 1.96 bits per heavy atom. The van der Waals surface area contributed by atoms with Crippen LogP contribution in [0.15, 0.2) is 16.7 Å². The Morgan fingerprint density at radius 3 is 2.52 bits per heavy atom. The second-order valence-electron chi connectivity index (χ2n) is 6.71. The van der Waals surface area contributed by atoms with Crippen molar-refractivity contribution in [1.29, 1.82) is 0 Å². The van der Waals surface area contributed by atoms with Crippen molar-refractivity contribution in [3.05, 3.63) is 34.8 Å². The minimum atomic E-state index is 0. The molecule has 0 spiro atoms. The van der Waals surface area contributed by atoms with Gasteiger partial charge in [-0.3, -0.25) is 9.36 Å². The highest BCUT2D eigenvalue weighted by Crippen LogP contribution is 2.24. The second-order valence-corrected chi connectivity index (χ2v) is 6.71. The van der Waals surface area contributed by atoms with Crippen LogP contribution in [0.1, 0.15) is 40.3 Å². The summed E-state index contributed by atoms with van der Waals surface area (Å²) in [7, 11) is 1.98. The number of aromatic nitrogens is 2. The largest absolute Gasteiger partial charge is 0.360 e. The van der Waals surface area contributed by atoms with E-state index in [0.717, 1.165) is 61.0 Å². The minimum absolute atomic E-state index is 0. The molecule has 0 unspecified atom stereocenters. The number of aryl methyl sites for hydroxylation is 2. The molecule has 25 heavy (non-hydrogen) atoms. The van der Waals surface area contributed by atoms with Crippen LogP contribution >= 0.6 is 12.4 Å². The van der Waals surface area contributed by atoms with Crippen molar-refractivity contribution in [2.75, 3.05) is 26.7 Å². The maximum Gasteiger partial charge on any atom is 0.255 e. The van der Waals surface area contributed by atoms with Crippen molar-refractivity contribution in [2.45, 2.75) is 33.6 Å². The quantitative estimate of drug-likeness (QED) is 0.903. The first kappa shape index (κ1) is 19.5. The Hall–Kier alpha value is -1.79. The summed E-state index contributed by atoms with van der Waals surface area (Å²) in [5.74, 6) is 2.29. The Balaban J connectivity index is 0.00000225. The van der Waals surface area contributed by atoms with Crippen LogP contribution in [-0.2, 0) is 0 Å². The summed E-state index contributed by atoms with van der Waals surface area (Å²) in [6.07, 6.45) is 2.13. The molecule has 0 saturated carbocycles. The average molecular weight is 367 g/mol. The van der Waals surface area contributed by atoms with Gasteiger partial charge >= 0.3 is 0 Å². The van der Waals surface area contributed by atoms with Gasteiger partial charge in [0.1, 0.15) is 5.76 Å². The Kier molecular flexibility index (Phi) is 6.30. The van der Waals surface area contributed by atoms with E-state index in [1.807, 2.05) is 49.4 Å². The maximum absolute atomic E-state index is 12.9. The number of hydrogen-bond acceptors (Lipinski definition) is 4. The van der Waals surface area contributed by atoms with Gasteiger partial charge in [0.15, 0.2) is 5.82 Å². The molecule has 1 amide bonds. The van der Waals surface area contributed by atoms with Gasteiger partial charge in [-0.2, -0.15) is 0 Å². The summed E-state index contributed by atoms with van der Waals surface area (Å²) in [5, 5.41) is 7.31. The number of nitrogens with zero attached hydrogens (tertiary/aromatic N) is 3. The lowest BCUT2D eigenvalue weighted by atomic mass is 9.96. The third kappa shape index (κ3) is 3.90. The third-order valence-corrected chi connectivity index (χ3v) is 4.90. The smallest absolute Gasteiger partial charge is 0.255 e. The Morgan fingerprint density at radius 1 is 1.28 bits per heavy atom. The lowest BCUT2D eigenvalue weighted by Gasteiger charge is -2.32. The number of halogens is 1. The van der Waals surface area contributed by atoms with E-state index in [9.17, 15) is 4.79 Å². The third-order valence-electron chi connectivity index (χ3n) is 4.90. The molecule has 0 bridgehead atoms. The van der Waals surface area contributed by atoms with Crippen LogP contribution in [-0.4, -0.2) is 47.2 Å². The first-order valence-corrected chi connectivity index (χ1v) is 8.57. The Labute approximate surface area is 155 Å². The van der Waals surface area contributed by atoms with Crippen LogP contribution < -0.4 is 5.32 Å². The van der Waals surface area contributed by atoms with Gasteiger partial charge in [0, 0.05) is 30.5 Å². The van der Waals surface area contributed by atoms with Crippen molar-refractivity contribution in [3.63, 3.8) is 0 Å². The van der Waals surface area contributed by atoms with E-state index in [-0.39, 0.29) is 18.3 Å². The molecule has 1 fully saturated rings. The molecule has 2 aromatic rings. The molecule has 0 atom stereocenters. The van der Waals surface area contributed by atoms with E-state index in [4.69, 9.17) is 4.52 Å². The second kappa shape index (κ2) is 8.06. The highest BCUT2D eigenvalue weighted by atomic mass is 35.5. The summed E-state index contributed by atoms with van der Waals surface area (Å²) in [4.78, 5) is 14.9. The molecule has 1 saturated heterocycles. The normalized spacial score (nSPS) is 15.3. The number of amides is 1. The van der Waals surface area contributed by atoms with E-state index in [2.05, 4.69) is 10.5 Å². The van der Waals surface area contributed by atoms with Crippen LogP contribution in [0.5, 0.6) is 0 Å². The predicted octanol–water partition coefficient (Wildman–Crippen LogP) is 2.88. The zero-order valence-electron chi connectivity index (χ0n) is 15.3. The molecule has 0 radical (unpaired) electrons. The number of carbonyl (C=O) groups excluding carboxylic acids is 1. The van der Waals surface area contributed by atoms with Crippen LogP contribution in [0.2, 0.25) is 0 Å². The molecule has 3 heterocycles. The van der Waals surface area contributed by atoms with Gasteiger partial charge in [-0.25, -0.2) is 0 Å². The summed E-state index contributed by atoms with van der Waals surface area (Å²) < 4.78 is 7.16. The molecule has 1 N–H and O–H groups in total. The lowest BCUT2D eigenvalue weighted by molar-refractivity contribution is 0.0690. The van der Waals surface area contributed by atoms with E-state index < -0.39 is 0 Å². The van der Waals surface area contributed by atoms with Crippen LogP contribution in [0.3, 0.4) is 0 Å². The molecule has 7 heteroatoms. The number of nitrogens with one attached hydrogen (secondary N) is 1. The highest BCUT2D eigenvalue weighted by Gasteiger charge is 2.26. The van der Waals surface area contributed by atoms with Gasteiger partial charge in [0.2, 0.25) is 0 Å². The van der Waals surface area contributed by atoms with Crippen molar-refractivity contribution < 1.29 is 9.32 Å². The minimum Gasteiger partial charge on any atom is -0.360 e. The molecule has 138 valence electrons. The topological polar surface area (TPSA) is 63.3 Å². The van der Waals surface area contributed by atoms with Gasteiger partial charge in [-0.05, 0) is 59.2 Å². The van der Waals surface area contributed by atoms with E-state index in [1.54, 1.807) is 0 Å². The van der Waals surface area contributed by atoms with Crippen molar-refractivity contribution in [1.82, 2.24) is 19.9 Å². The summed E-state index contributed by atoms with van der Waals surface area (Å²) in [5.41, 5.74) is 2.68. The van der Waals surface area contributed by atoms with Gasteiger partial charge in [0.25, 0.3) is 5.91 Å². The zero-order valence-corrected chi connectivity index (χ0v) is 16.2. The number of carbonyl (C=O) groups is 1. The van der Waals surface area contributed by atoms with Crippen LogP contribution in [0, 0.1) is 26.7 Å². The fourth-order valence-corrected chi connectivity index (χ4v) is 3.59. The van der Waals surface area contributed by atoms with E-state index in [1.165, 1.54) is 0 Å². The zero-order chi connectivity index (χ0) is 17.3. The first-order chi connectivity index (χ1) is 11.5. The van der Waals surface area contributed by atoms with Gasteiger partial charge in [-0.1, -0.05) is 5.16 Å². The standard InChI is InChI=1S/C18H26N4O2.ClH/c1-12-9-16(14(3)22(12)17-10-13(2)24-20-17)18(23)21-7-5-15(6-8-21)11-19-4;/h9-10,15,19H,5-8,11H2,1-4H3;1H. The molecule has 0 aromatic carbocycles. The molecule has 1 aliphatic rings. The van der Waals surface area contributed by atoms with Crippen molar-refractivity contribution in [2.24, 2.45) is 5.92 Å². The maximum atomic E-state index is 12.9. The van der Waals surface area contributed by atoms with Crippen LogP contribution in [0.25, 0.3) is 5.82 Å². The lowest BCUT2D eigenvalue weighted by Crippen LogP contribution is -2.40. The average Bonchev–Trinajstić information content (AvgIpc) is 3.11. The van der Waals surface area contributed by atoms with Gasteiger partial charge < -0.3 is 14.7 Å². The molecule has 6 nitrogen and oxygen atoms in total. The summed E-state index contributed by atoms with van der Waals surface area (Å²) in [6, 6.07) is 3.85. The van der Waals surface area contributed by atoms with Crippen molar-refractivity contribution in [3.8, 4) is 5.82 Å². The number of rotatable bonds is 4. The molecular weight excluding hydrogens is 340 g/mol. The number of likely N-dealkylation sites (tertiary alicyclic amines) is 1. The Bertz CT molecular complexity index is 730. The van der Waals surface area contributed by atoms with E-state index in [0.29, 0.717) is 5.92 Å². The fourth-order valence-electron chi connectivity index (χ4n) is 3.59. The monoisotopic (exact) mass is 366 g/mol. The first-order valence-electron chi connectivity index (χ1n) is 8.57. The molecule has 3 rings (SSSR count). The molecule has 1 aliphatic heterocycles. The number of hydrogen-bond donors (Lipinski definition) is 1. The van der Waals surface area contributed by atoms with Crippen molar-refractivity contribution >= 4 is 18.3 Å². The van der Waals surface area contributed by atoms with Crippen LogP contribution in [0.4, 0.5) is 0 Å².